The fourth-order valence-electron chi connectivity index (χ4n) is 3.08. The van der Waals surface area contributed by atoms with Gasteiger partial charge in [-0.3, -0.25) is 9.59 Å². The number of morpholine rings is 1. The van der Waals surface area contributed by atoms with Gasteiger partial charge < -0.3 is 14.5 Å². The molecule has 0 radical (unpaired) electrons. The highest BCUT2D eigenvalue weighted by molar-refractivity contribution is 5.86. The molecule has 0 aliphatic carbocycles. The predicted octanol–water partition coefficient (Wildman–Crippen LogP) is 1.21. The van der Waals surface area contributed by atoms with Crippen molar-refractivity contribution in [1.29, 1.82) is 0 Å². The van der Waals surface area contributed by atoms with Gasteiger partial charge in [0.15, 0.2) is 6.10 Å². The Labute approximate surface area is 124 Å². The second-order valence-corrected chi connectivity index (χ2v) is 5.62. The van der Waals surface area contributed by atoms with Gasteiger partial charge in [0.1, 0.15) is 6.61 Å². The molecule has 2 fully saturated rings. The van der Waals surface area contributed by atoms with Gasteiger partial charge in [0.25, 0.3) is 5.91 Å². The van der Waals surface area contributed by atoms with E-state index in [2.05, 4.69) is 0 Å². The number of hydrogen-bond donors (Lipinski definition) is 0. The van der Waals surface area contributed by atoms with E-state index in [1.54, 1.807) is 11.9 Å². The minimum atomic E-state index is -0.604. The predicted molar refractivity (Wildman–Crippen MR) is 77.5 cm³/mol. The Morgan fingerprint density at radius 3 is 2.52 bits per heavy atom. The van der Waals surface area contributed by atoms with E-state index in [1.165, 1.54) is 0 Å². The van der Waals surface area contributed by atoms with Crippen LogP contribution in [0.4, 0.5) is 0 Å². The van der Waals surface area contributed by atoms with Gasteiger partial charge >= 0.3 is 0 Å². The van der Waals surface area contributed by atoms with Gasteiger partial charge in [-0.15, -0.1) is 0 Å². The SMILES string of the molecule is CN1C(=O)CO[C@H](C(=O)N2CCCC2)[C@H]1c1ccccc1. The van der Waals surface area contributed by atoms with E-state index >= 15 is 0 Å². The Morgan fingerprint density at radius 2 is 1.86 bits per heavy atom. The molecular formula is C16H20N2O3. The van der Waals surface area contributed by atoms with Crippen molar-refractivity contribution in [3.05, 3.63) is 35.9 Å². The van der Waals surface area contributed by atoms with Crippen LogP contribution in [0.3, 0.4) is 0 Å². The minimum Gasteiger partial charge on any atom is -0.356 e. The summed E-state index contributed by atoms with van der Waals surface area (Å²) in [6.07, 6.45) is 1.49. The van der Waals surface area contributed by atoms with Crippen molar-refractivity contribution in [2.75, 3.05) is 26.7 Å². The lowest BCUT2D eigenvalue weighted by atomic mass is 9.97. The number of likely N-dealkylation sites (tertiary alicyclic amines) is 1. The molecule has 112 valence electrons. The molecule has 0 saturated carbocycles. The van der Waals surface area contributed by atoms with Crippen LogP contribution in [-0.4, -0.2) is 54.5 Å². The zero-order chi connectivity index (χ0) is 14.8. The van der Waals surface area contributed by atoms with Crippen molar-refractivity contribution in [3.8, 4) is 0 Å². The Hall–Kier alpha value is -1.88. The van der Waals surface area contributed by atoms with Crippen molar-refractivity contribution in [1.82, 2.24) is 9.80 Å². The largest absolute Gasteiger partial charge is 0.356 e. The standard InChI is InChI=1S/C16H20N2O3/c1-17-13(19)11-21-15(16(20)18-9-5-6-10-18)14(17)12-7-3-2-4-8-12/h2-4,7-8,14-15H,5-6,9-11H2,1H3/t14-,15+/m1/s1. The second kappa shape index (κ2) is 5.85. The van der Waals surface area contributed by atoms with E-state index in [1.807, 2.05) is 35.2 Å². The molecule has 21 heavy (non-hydrogen) atoms. The fourth-order valence-corrected chi connectivity index (χ4v) is 3.08. The first-order valence-corrected chi connectivity index (χ1v) is 7.39. The molecular weight excluding hydrogens is 268 g/mol. The quantitative estimate of drug-likeness (QED) is 0.822. The van der Waals surface area contributed by atoms with Crippen molar-refractivity contribution in [2.24, 2.45) is 0 Å². The molecule has 0 aromatic heterocycles. The maximum atomic E-state index is 12.7. The van der Waals surface area contributed by atoms with Crippen molar-refractivity contribution in [3.63, 3.8) is 0 Å². The molecule has 3 rings (SSSR count). The summed E-state index contributed by atoms with van der Waals surface area (Å²) in [4.78, 5) is 28.1. The summed E-state index contributed by atoms with van der Waals surface area (Å²) >= 11 is 0. The van der Waals surface area contributed by atoms with Crippen LogP contribution in [0.25, 0.3) is 0 Å². The average Bonchev–Trinajstić information content (AvgIpc) is 3.04. The summed E-state index contributed by atoms with van der Waals surface area (Å²) in [6, 6.07) is 9.28. The molecule has 0 bridgehead atoms. The molecule has 1 aromatic carbocycles. The first-order valence-electron chi connectivity index (χ1n) is 7.39. The molecule has 0 N–H and O–H groups in total. The lowest BCUT2D eigenvalue weighted by Gasteiger charge is -2.39. The van der Waals surface area contributed by atoms with Gasteiger partial charge in [0.2, 0.25) is 5.91 Å². The number of carbonyl (C=O) groups excluding carboxylic acids is 2. The van der Waals surface area contributed by atoms with Gasteiger partial charge in [-0.2, -0.15) is 0 Å². The Balaban J connectivity index is 1.89. The molecule has 2 atom stereocenters. The number of nitrogens with zero attached hydrogens (tertiary/aromatic N) is 2. The molecule has 5 heteroatoms. The number of hydrogen-bond acceptors (Lipinski definition) is 3. The van der Waals surface area contributed by atoms with Crippen LogP contribution in [0.1, 0.15) is 24.4 Å². The molecule has 0 unspecified atom stereocenters. The Kier molecular flexibility index (Phi) is 3.92. The summed E-state index contributed by atoms with van der Waals surface area (Å²) < 4.78 is 5.62. The molecule has 2 aliphatic rings. The van der Waals surface area contributed by atoms with Crippen molar-refractivity contribution in [2.45, 2.75) is 25.0 Å². The first-order chi connectivity index (χ1) is 10.2. The van der Waals surface area contributed by atoms with Crippen molar-refractivity contribution >= 4 is 11.8 Å². The summed E-state index contributed by atoms with van der Waals surface area (Å²) in [5.74, 6) is -0.0879. The smallest absolute Gasteiger partial charge is 0.254 e. The lowest BCUT2D eigenvalue weighted by Crippen LogP contribution is -2.53. The van der Waals surface area contributed by atoms with Crippen LogP contribution in [-0.2, 0) is 14.3 Å². The Morgan fingerprint density at radius 1 is 1.19 bits per heavy atom. The van der Waals surface area contributed by atoms with Crippen molar-refractivity contribution < 1.29 is 14.3 Å². The summed E-state index contributed by atoms with van der Waals surface area (Å²) in [5, 5.41) is 0. The molecule has 2 amide bonds. The third-order valence-electron chi connectivity index (χ3n) is 4.29. The van der Waals surface area contributed by atoms with Crippen LogP contribution in [0.15, 0.2) is 30.3 Å². The molecule has 5 nitrogen and oxygen atoms in total. The summed E-state index contributed by atoms with van der Waals surface area (Å²) in [6.45, 7) is 1.56. The van der Waals surface area contributed by atoms with Crippen LogP contribution < -0.4 is 0 Å². The van der Waals surface area contributed by atoms with E-state index in [-0.39, 0.29) is 24.5 Å². The Bertz CT molecular complexity index is 526. The van der Waals surface area contributed by atoms with E-state index in [4.69, 9.17) is 4.74 Å². The summed E-state index contributed by atoms with van der Waals surface area (Å²) in [7, 11) is 1.74. The van der Waals surface area contributed by atoms with E-state index in [0.717, 1.165) is 31.5 Å². The third-order valence-corrected chi connectivity index (χ3v) is 4.29. The number of carbonyl (C=O) groups is 2. The molecule has 0 spiro atoms. The van der Waals surface area contributed by atoms with Crippen LogP contribution >= 0.6 is 0 Å². The normalized spacial score (nSPS) is 26.2. The zero-order valence-corrected chi connectivity index (χ0v) is 12.2. The molecule has 2 aliphatic heterocycles. The van der Waals surface area contributed by atoms with E-state index in [9.17, 15) is 9.59 Å². The molecule has 2 heterocycles. The maximum absolute atomic E-state index is 12.7. The highest BCUT2D eigenvalue weighted by Crippen LogP contribution is 2.30. The third kappa shape index (κ3) is 2.65. The molecule has 1 aromatic rings. The lowest BCUT2D eigenvalue weighted by molar-refractivity contribution is -0.166. The highest BCUT2D eigenvalue weighted by Gasteiger charge is 2.42. The van der Waals surface area contributed by atoms with Crippen LogP contribution in [0.2, 0.25) is 0 Å². The van der Waals surface area contributed by atoms with Gasteiger partial charge in [-0.05, 0) is 18.4 Å². The van der Waals surface area contributed by atoms with Gasteiger partial charge in [0.05, 0.1) is 6.04 Å². The first kappa shape index (κ1) is 14.1. The maximum Gasteiger partial charge on any atom is 0.254 e. The van der Waals surface area contributed by atoms with Gasteiger partial charge in [0, 0.05) is 20.1 Å². The topological polar surface area (TPSA) is 49.9 Å². The average molecular weight is 288 g/mol. The van der Waals surface area contributed by atoms with Gasteiger partial charge in [-0.25, -0.2) is 0 Å². The van der Waals surface area contributed by atoms with E-state index < -0.39 is 6.10 Å². The highest BCUT2D eigenvalue weighted by atomic mass is 16.5. The van der Waals surface area contributed by atoms with E-state index in [0.29, 0.717) is 0 Å². The summed E-state index contributed by atoms with van der Waals surface area (Å²) in [5.41, 5.74) is 0.936. The van der Waals surface area contributed by atoms with Gasteiger partial charge in [-0.1, -0.05) is 30.3 Å². The van der Waals surface area contributed by atoms with Crippen LogP contribution in [0.5, 0.6) is 0 Å². The minimum absolute atomic E-state index is 0.000651. The number of likely N-dealkylation sites (N-methyl/N-ethyl adjacent to an activating group) is 1. The molecule has 2 saturated heterocycles. The fraction of sp³-hybridized carbons (Fsp3) is 0.500. The number of benzene rings is 1. The number of rotatable bonds is 2. The van der Waals surface area contributed by atoms with Crippen LogP contribution in [0, 0.1) is 0 Å². The monoisotopic (exact) mass is 288 g/mol. The number of amides is 2. The number of ether oxygens (including phenoxy) is 1. The second-order valence-electron chi connectivity index (χ2n) is 5.62. The zero-order valence-electron chi connectivity index (χ0n) is 12.2.